The largest absolute Gasteiger partial charge is 0.238 e. The van der Waals surface area contributed by atoms with Crippen LogP contribution in [-0.4, -0.2) is 4.98 Å². The van der Waals surface area contributed by atoms with Gasteiger partial charge in [-0.1, -0.05) is 23.2 Å². The monoisotopic (exact) mass is 251 g/mol. The van der Waals surface area contributed by atoms with E-state index in [4.69, 9.17) is 34.8 Å². The highest BCUT2D eigenvalue weighted by molar-refractivity contribution is 7.18. The van der Waals surface area contributed by atoms with Crippen molar-refractivity contribution in [3.63, 3.8) is 0 Å². The van der Waals surface area contributed by atoms with Gasteiger partial charge in [0.1, 0.15) is 10.5 Å². The van der Waals surface area contributed by atoms with Crippen molar-refractivity contribution in [1.82, 2.24) is 4.98 Å². The second-order valence-electron chi connectivity index (χ2n) is 2.45. The molecule has 0 fully saturated rings. The smallest absolute Gasteiger partial charge is 0.109 e. The molecule has 0 spiro atoms. The Balaban J connectivity index is 2.76. The molecule has 13 heavy (non-hydrogen) atoms. The number of rotatable bonds is 1. The molecule has 2 aromatic rings. The van der Waals surface area contributed by atoms with Gasteiger partial charge in [0.05, 0.1) is 20.6 Å². The molecular weight excluding hydrogens is 249 g/mol. The topological polar surface area (TPSA) is 12.9 Å². The highest BCUT2D eigenvalue weighted by Crippen LogP contribution is 2.33. The Hall–Kier alpha value is -0.0200. The van der Waals surface area contributed by atoms with Gasteiger partial charge in [-0.2, -0.15) is 0 Å². The SMILES string of the molecule is ClCc1nc2c(Cl)c(Cl)ccc2s1. The van der Waals surface area contributed by atoms with Gasteiger partial charge in [-0.3, -0.25) is 0 Å². The highest BCUT2D eigenvalue weighted by Gasteiger charge is 2.08. The van der Waals surface area contributed by atoms with E-state index in [-0.39, 0.29) is 0 Å². The lowest BCUT2D eigenvalue weighted by Crippen LogP contribution is -1.74. The molecule has 0 N–H and O–H groups in total. The van der Waals surface area contributed by atoms with Crippen molar-refractivity contribution in [2.24, 2.45) is 0 Å². The Bertz CT molecular complexity index is 452. The van der Waals surface area contributed by atoms with Crippen molar-refractivity contribution in [2.45, 2.75) is 5.88 Å². The minimum absolute atomic E-state index is 0.410. The third-order valence-electron chi connectivity index (χ3n) is 1.61. The van der Waals surface area contributed by atoms with Gasteiger partial charge in [0, 0.05) is 0 Å². The van der Waals surface area contributed by atoms with E-state index in [1.165, 1.54) is 11.3 Å². The molecule has 0 unspecified atom stereocenters. The second-order valence-corrected chi connectivity index (χ2v) is 4.62. The molecule has 0 aliphatic carbocycles. The van der Waals surface area contributed by atoms with Crippen LogP contribution in [0.15, 0.2) is 12.1 Å². The number of halogens is 3. The maximum Gasteiger partial charge on any atom is 0.109 e. The molecule has 0 aliphatic heterocycles. The third-order valence-corrected chi connectivity index (χ3v) is 3.84. The zero-order valence-electron chi connectivity index (χ0n) is 6.35. The first-order valence-electron chi connectivity index (χ1n) is 3.51. The number of hydrogen-bond acceptors (Lipinski definition) is 2. The van der Waals surface area contributed by atoms with Crippen LogP contribution in [0, 0.1) is 0 Å². The minimum Gasteiger partial charge on any atom is -0.238 e. The lowest BCUT2D eigenvalue weighted by molar-refractivity contribution is 1.30. The fraction of sp³-hybridized carbons (Fsp3) is 0.125. The molecule has 0 radical (unpaired) electrons. The maximum atomic E-state index is 5.97. The highest BCUT2D eigenvalue weighted by atomic mass is 35.5. The van der Waals surface area contributed by atoms with Crippen LogP contribution >= 0.6 is 46.1 Å². The van der Waals surface area contributed by atoms with E-state index in [0.29, 0.717) is 15.9 Å². The number of aromatic nitrogens is 1. The molecule has 1 heterocycles. The van der Waals surface area contributed by atoms with Crippen molar-refractivity contribution in [3.05, 3.63) is 27.2 Å². The summed E-state index contributed by atoms with van der Waals surface area (Å²) in [6.45, 7) is 0. The summed E-state index contributed by atoms with van der Waals surface area (Å²) >= 11 is 19.0. The van der Waals surface area contributed by atoms with E-state index in [1.807, 2.05) is 6.07 Å². The molecule has 0 atom stereocenters. The number of benzene rings is 1. The Labute approximate surface area is 94.2 Å². The zero-order chi connectivity index (χ0) is 9.42. The summed E-state index contributed by atoms with van der Waals surface area (Å²) in [4.78, 5) is 4.26. The van der Waals surface area contributed by atoms with Crippen molar-refractivity contribution in [3.8, 4) is 0 Å². The predicted molar refractivity (Wildman–Crippen MR) is 59.2 cm³/mol. The standard InChI is InChI=1S/C8H4Cl3NS/c9-3-6-12-8-5(13-6)2-1-4(10)7(8)11/h1-2H,3H2. The van der Waals surface area contributed by atoms with Gasteiger partial charge in [-0.15, -0.1) is 22.9 Å². The normalized spacial score (nSPS) is 11.0. The molecule has 0 saturated heterocycles. The van der Waals surface area contributed by atoms with Crippen LogP contribution in [0.4, 0.5) is 0 Å². The molecule has 1 nitrogen and oxygen atoms in total. The van der Waals surface area contributed by atoms with E-state index < -0.39 is 0 Å². The molecule has 0 bridgehead atoms. The Morgan fingerprint density at radius 2 is 2.08 bits per heavy atom. The number of fused-ring (bicyclic) bond motifs is 1. The Morgan fingerprint density at radius 1 is 1.31 bits per heavy atom. The lowest BCUT2D eigenvalue weighted by atomic mass is 10.3. The van der Waals surface area contributed by atoms with Crippen LogP contribution in [0.5, 0.6) is 0 Å². The summed E-state index contributed by atoms with van der Waals surface area (Å²) < 4.78 is 1.02. The van der Waals surface area contributed by atoms with Crippen LogP contribution in [0.2, 0.25) is 10.0 Å². The van der Waals surface area contributed by atoms with Gasteiger partial charge in [-0.25, -0.2) is 4.98 Å². The van der Waals surface area contributed by atoms with Crippen LogP contribution in [0.1, 0.15) is 5.01 Å². The number of nitrogens with zero attached hydrogens (tertiary/aromatic N) is 1. The number of hydrogen-bond donors (Lipinski definition) is 0. The van der Waals surface area contributed by atoms with Gasteiger partial charge in [-0.05, 0) is 12.1 Å². The van der Waals surface area contributed by atoms with E-state index in [0.717, 1.165) is 15.2 Å². The molecule has 0 aliphatic rings. The fourth-order valence-corrected chi connectivity index (χ4v) is 2.51. The third kappa shape index (κ3) is 1.64. The van der Waals surface area contributed by atoms with Crippen molar-refractivity contribution >= 4 is 56.4 Å². The van der Waals surface area contributed by atoms with Crippen LogP contribution in [-0.2, 0) is 5.88 Å². The average molecular weight is 253 g/mol. The minimum atomic E-state index is 0.410. The predicted octanol–water partition coefficient (Wildman–Crippen LogP) is 4.34. The van der Waals surface area contributed by atoms with E-state index >= 15 is 0 Å². The summed E-state index contributed by atoms with van der Waals surface area (Å²) in [5.41, 5.74) is 0.745. The average Bonchev–Trinajstić information content (AvgIpc) is 2.55. The zero-order valence-corrected chi connectivity index (χ0v) is 9.44. The molecule has 2 rings (SSSR count). The first-order valence-corrected chi connectivity index (χ1v) is 5.62. The van der Waals surface area contributed by atoms with E-state index in [2.05, 4.69) is 4.98 Å². The first-order chi connectivity index (χ1) is 6.22. The number of alkyl halides is 1. The second kappa shape index (κ2) is 3.62. The van der Waals surface area contributed by atoms with Gasteiger partial charge < -0.3 is 0 Å². The molecule has 5 heteroatoms. The Morgan fingerprint density at radius 3 is 2.77 bits per heavy atom. The van der Waals surface area contributed by atoms with Gasteiger partial charge in [0.15, 0.2) is 0 Å². The molecule has 1 aromatic carbocycles. The van der Waals surface area contributed by atoms with Crippen LogP contribution in [0.3, 0.4) is 0 Å². The summed E-state index contributed by atoms with van der Waals surface area (Å²) in [5, 5.41) is 1.90. The van der Waals surface area contributed by atoms with Crippen LogP contribution < -0.4 is 0 Å². The van der Waals surface area contributed by atoms with Gasteiger partial charge in [0.25, 0.3) is 0 Å². The summed E-state index contributed by atoms with van der Waals surface area (Å²) in [6, 6.07) is 3.67. The summed E-state index contributed by atoms with van der Waals surface area (Å²) in [6.07, 6.45) is 0. The van der Waals surface area contributed by atoms with Crippen molar-refractivity contribution in [2.75, 3.05) is 0 Å². The molecule has 0 saturated carbocycles. The quantitative estimate of drug-likeness (QED) is 0.688. The van der Waals surface area contributed by atoms with E-state index in [1.54, 1.807) is 6.07 Å². The van der Waals surface area contributed by atoms with E-state index in [9.17, 15) is 0 Å². The molecule has 68 valence electrons. The molecule has 0 amide bonds. The van der Waals surface area contributed by atoms with Gasteiger partial charge in [0.2, 0.25) is 0 Å². The fourth-order valence-electron chi connectivity index (χ4n) is 1.04. The number of thiazole rings is 1. The van der Waals surface area contributed by atoms with Crippen molar-refractivity contribution < 1.29 is 0 Å². The maximum absolute atomic E-state index is 5.97. The Kier molecular flexibility index (Phi) is 2.65. The van der Waals surface area contributed by atoms with Crippen LogP contribution in [0.25, 0.3) is 10.2 Å². The summed E-state index contributed by atoms with van der Waals surface area (Å²) in [7, 11) is 0. The lowest BCUT2D eigenvalue weighted by Gasteiger charge is -1.93. The first kappa shape index (κ1) is 9.53. The summed E-state index contributed by atoms with van der Waals surface area (Å²) in [5.74, 6) is 0.410. The molecule has 1 aromatic heterocycles. The van der Waals surface area contributed by atoms with Crippen molar-refractivity contribution in [1.29, 1.82) is 0 Å². The molecular formula is C8H4Cl3NS. The van der Waals surface area contributed by atoms with Gasteiger partial charge >= 0.3 is 0 Å².